The summed E-state index contributed by atoms with van der Waals surface area (Å²) < 4.78 is 0. The Morgan fingerprint density at radius 2 is 0.220 bits per heavy atom. The molecular weight excluding hydrogens is 1090 g/mol. The van der Waals surface area contributed by atoms with Crippen LogP contribution in [0.15, 0.2) is 127 Å². The highest BCUT2D eigenvalue weighted by Gasteiger charge is 2.13. The monoisotopic (exact) mass is 1230 g/mol. The first-order chi connectivity index (χ1) is 42.1. The normalized spacial score (nSPS) is 11.3. The van der Waals surface area contributed by atoms with E-state index in [0.717, 1.165) is 0 Å². The van der Waals surface area contributed by atoms with E-state index < -0.39 is 0 Å². The Balaban J connectivity index is 0.000000531. The predicted molar refractivity (Wildman–Crippen MR) is 415 cm³/mol. The van der Waals surface area contributed by atoms with Crippen LogP contribution in [0.2, 0.25) is 0 Å². The Hall–Kier alpha value is -5.46. The number of rotatable bonds is 14. The van der Waals surface area contributed by atoms with Crippen molar-refractivity contribution in [2.75, 3.05) is 0 Å². The van der Waals surface area contributed by atoms with Crippen LogP contribution < -0.4 is 0 Å². The van der Waals surface area contributed by atoms with Crippen molar-refractivity contribution >= 4 is 0 Å². The molecule has 0 atom stereocenters. The molecular formula is C91H140. The van der Waals surface area contributed by atoms with Crippen molar-refractivity contribution in [2.45, 2.75) is 325 Å². The van der Waals surface area contributed by atoms with E-state index >= 15 is 0 Å². The van der Waals surface area contributed by atoms with E-state index in [1.54, 1.807) is 0 Å². The van der Waals surface area contributed by atoms with Crippen LogP contribution in [-0.4, -0.2) is 0 Å². The van der Waals surface area contributed by atoms with Crippen molar-refractivity contribution in [3.05, 3.63) is 244 Å². The van der Waals surface area contributed by atoms with E-state index in [-0.39, 0.29) is 0 Å². The van der Waals surface area contributed by atoms with E-state index in [1.165, 1.54) is 117 Å². The minimum atomic E-state index is 0.637. The van der Waals surface area contributed by atoms with E-state index in [9.17, 15) is 0 Å². The summed E-state index contributed by atoms with van der Waals surface area (Å²) in [6, 6.07) is 47.8. The molecule has 0 unspecified atom stereocenters. The van der Waals surface area contributed by atoms with Crippen molar-refractivity contribution in [2.24, 2.45) is 0 Å². The molecule has 0 saturated heterocycles. The molecule has 91 heavy (non-hydrogen) atoms. The Kier molecular flexibility index (Phi) is 37.3. The highest BCUT2D eigenvalue weighted by atomic mass is 14.2. The van der Waals surface area contributed by atoms with Crippen LogP contribution in [0, 0.1) is 48.5 Å². The minimum absolute atomic E-state index is 0.637. The second kappa shape index (κ2) is 40.6. The Bertz CT molecular complexity index is 2580. The standard InChI is InChI=1S/7C13H20/c7*1-9(2)12-7-6-11(5)13(8-12)10(3)4/h7*6-10H,1-5H3. The van der Waals surface area contributed by atoms with Crippen LogP contribution in [0.1, 0.15) is 394 Å². The van der Waals surface area contributed by atoms with Gasteiger partial charge in [-0.2, -0.15) is 0 Å². The van der Waals surface area contributed by atoms with Crippen LogP contribution in [0.3, 0.4) is 0 Å². The van der Waals surface area contributed by atoms with Gasteiger partial charge in [-0.3, -0.25) is 0 Å². The van der Waals surface area contributed by atoms with Crippen LogP contribution in [0.5, 0.6) is 0 Å². The van der Waals surface area contributed by atoms with E-state index in [2.05, 4.69) is 370 Å². The first kappa shape index (κ1) is 83.6. The summed E-state index contributed by atoms with van der Waals surface area (Å²) in [4.78, 5) is 0. The lowest BCUT2D eigenvalue weighted by Crippen LogP contribution is -1.95. The zero-order chi connectivity index (χ0) is 70.1. The molecule has 0 aliphatic heterocycles. The molecule has 0 aromatic heterocycles. The number of benzene rings is 7. The quantitative estimate of drug-likeness (QED) is 0.102. The molecule has 0 heteroatoms. The lowest BCUT2D eigenvalue weighted by molar-refractivity contribution is 0.826. The minimum Gasteiger partial charge on any atom is -0.0588 e. The molecule has 504 valence electrons. The molecule has 0 aliphatic carbocycles. The summed E-state index contributed by atoms with van der Waals surface area (Å²) in [5.74, 6) is 8.92. The van der Waals surface area contributed by atoms with Crippen LogP contribution in [0.25, 0.3) is 0 Å². The van der Waals surface area contributed by atoms with E-state index in [1.807, 2.05) is 0 Å². The average molecular weight is 1230 g/mol. The highest BCUT2D eigenvalue weighted by molar-refractivity contribution is 5.40. The van der Waals surface area contributed by atoms with Gasteiger partial charge in [0.25, 0.3) is 0 Å². The predicted octanol–water partition coefficient (Wildman–Crippen LogP) is 29.7. The SMILES string of the molecule is Cc1ccc(C(C)C)cc1C(C)C.Cc1ccc(C(C)C)cc1C(C)C.Cc1ccc(C(C)C)cc1C(C)C.Cc1ccc(C(C)C)cc1C(C)C.Cc1ccc(C(C)C)cc1C(C)C.Cc1ccc(C(C)C)cc1C(C)C.Cc1ccc(C(C)C)cc1C(C)C. The molecule has 0 radical (unpaired) electrons. The summed E-state index contributed by atoms with van der Waals surface area (Å²) >= 11 is 0. The molecule has 0 nitrogen and oxygen atoms in total. The lowest BCUT2D eigenvalue weighted by atomic mass is 9.92. The highest BCUT2D eigenvalue weighted by Crippen LogP contribution is 2.30. The van der Waals surface area contributed by atoms with Crippen molar-refractivity contribution < 1.29 is 0 Å². The van der Waals surface area contributed by atoms with E-state index in [0.29, 0.717) is 82.9 Å². The maximum absolute atomic E-state index is 2.35. The molecule has 0 saturated carbocycles. The summed E-state index contributed by atoms with van der Waals surface area (Å²) in [6.45, 7) is 78.4. The van der Waals surface area contributed by atoms with Gasteiger partial charge >= 0.3 is 0 Å². The average Bonchev–Trinajstić information content (AvgIpc) is 2.43. The lowest BCUT2D eigenvalue weighted by Gasteiger charge is -2.13. The van der Waals surface area contributed by atoms with Crippen molar-refractivity contribution in [3.8, 4) is 0 Å². The molecule has 7 rings (SSSR count). The fourth-order valence-corrected chi connectivity index (χ4v) is 11.5. The summed E-state index contributed by atoms with van der Waals surface area (Å²) in [5.41, 5.74) is 30.5. The second-order valence-corrected chi connectivity index (χ2v) is 31.0. The molecule has 0 heterocycles. The molecule has 0 aliphatic rings. The molecule has 0 N–H and O–H groups in total. The van der Waals surface area contributed by atoms with Crippen molar-refractivity contribution in [3.63, 3.8) is 0 Å². The van der Waals surface area contributed by atoms with Gasteiger partial charge in [-0.1, -0.05) is 321 Å². The molecule has 0 spiro atoms. The van der Waals surface area contributed by atoms with Gasteiger partial charge in [0, 0.05) is 0 Å². The van der Waals surface area contributed by atoms with Gasteiger partial charge in [0.2, 0.25) is 0 Å². The third kappa shape index (κ3) is 28.7. The van der Waals surface area contributed by atoms with Gasteiger partial charge < -0.3 is 0 Å². The second-order valence-electron chi connectivity index (χ2n) is 31.0. The smallest absolute Gasteiger partial charge is 0.0216 e. The zero-order valence-corrected chi connectivity index (χ0v) is 65.7. The van der Waals surface area contributed by atoms with Crippen molar-refractivity contribution in [1.82, 2.24) is 0 Å². The van der Waals surface area contributed by atoms with Gasteiger partial charge in [0.1, 0.15) is 0 Å². The van der Waals surface area contributed by atoms with Gasteiger partial charge in [-0.25, -0.2) is 0 Å². The molecule has 0 fully saturated rings. The molecule has 7 aromatic rings. The Morgan fingerprint density at radius 1 is 0.132 bits per heavy atom. The van der Waals surface area contributed by atoms with E-state index in [4.69, 9.17) is 0 Å². The van der Waals surface area contributed by atoms with Crippen LogP contribution in [0.4, 0.5) is 0 Å². The fourth-order valence-electron chi connectivity index (χ4n) is 11.5. The first-order valence-corrected chi connectivity index (χ1v) is 35.9. The third-order valence-corrected chi connectivity index (χ3v) is 18.1. The third-order valence-electron chi connectivity index (χ3n) is 18.1. The van der Waals surface area contributed by atoms with Gasteiger partial charge in [0.05, 0.1) is 0 Å². The number of hydrogen-bond acceptors (Lipinski definition) is 0. The summed E-state index contributed by atoms with van der Waals surface area (Å²) in [5, 5.41) is 0. The molecule has 7 aromatic carbocycles. The molecule has 0 amide bonds. The molecule has 0 bridgehead atoms. The van der Waals surface area contributed by atoms with Gasteiger partial charge in [0.15, 0.2) is 0 Å². The topological polar surface area (TPSA) is 0 Å². The Morgan fingerprint density at radius 3 is 0.286 bits per heavy atom. The van der Waals surface area contributed by atoms with Crippen LogP contribution >= 0.6 is 0 Å². The summed E-state index contributed by atoms with van der Waals surface area (Å²) in [6.07, 6.45) is 0. The Labute approximate surface area is 566 Å². The first-order valence-electron chi connectivity index (χ1n) is 35.9. The van der Waals surface area contributed by atoms with Gasteiger partial charge in [-0.15, -0.1) is 0 Å². The van der Waals surface area contributed by atoms with Gasteiger partial charge in [-0.05, 0) is 248 Å². The maximum atomic E-state index is 2.35. The maximum Gasteiger partial charge on any atom is -0.0216 e. The number of hydrogen-bond donors (Lipinski definition) is 0. The van der Waals surface area contributed by atoms with Crippen LogP contribution in [-0.2, 0) is 0 Å². The largest absolute Gasteiger partial charge is 0.0588 e. The fraction of sp³-hybridized carbons (Fsp3) is 0.538. The summed E-state index contributed by atoms with van der Waals surface area (Å²) in [7, 11) is 0. The number of aryl methyl sites for hydroxylation is 7. The van der Waals surface area contributed by atoms with Crippen molar-refractivity contribution in [1.29, 1.82) is 0 Å². The zero-order valence-electron chi connectivity index (χ0n) is 65.7.